The third-order valence-corrected chi connectivity index (χ3v) is 5.87. The van der Waals surface area contributed by atoms with Crippen LogP contribution in [-0.4, -0.2) is 30.3 Å². The topological polar surface area (TPSA) is 78.5 Å². The van der Waals surface area contributed by atoms with Crippen LogP contribution in [0.5, 0.6) is 0 Å². The predicted octanol–water partition coefficient (Wildman–Crippen LogP) is 4.28. The van der Waals surface area contributed by atoms with Crippen LogP contribution in [0.4, 0.5) is 11.4 Å². The quantitative estimate of drug-likeness (QED) is 0.659. The Morgan fingerprint density at radius 1 is 1.13 bits per heavy atom. The molecule has 0 saturated carbocycles. The number of nitrogens with zero attached hydrogens (tertiary/aromatic N) is 1. The van der Waals surface area contributed by atoms with Crippen LogP contribution < -0.4 is 15.5 Å². The van der Waals surface area contributed by atoms with E-state index in [0.29, 0.717) is 22.1 Å². The van der Waals surface area contributed by atoms with E-state index < -0.39 is 6.04 Å². The van der Waals surface area contributed by atoms with E-state index in [0.717, 1.165) is 24.2 Å². The zero-order valence-electron chi connectivity index (χ0n) is 17.4. The summed E-state index contributed by atoms with van der Waals surface area (Å²) in [7, 11) is 0. The Morgan fingerprint density at radius 2 is 1.87 bits per heavy atom. The van der Waals surface area contributed by atoms with Crippen molar-refractivity contribution in [1.29, 1.82) is 0 Å². The third kappa shape index (κ3) is 4.90. The fourth-order valence-corrected chi connectivity index (χ4v) is 4.02. The van der Waals surface area contributed by atoms with Crippen molar-refractivity contribution >= 4 is 45.0 Å². The Balaban J connectivity index is 1.72. The summed E-state index contributed by atoms with van der Waals surface area (Å²) in [5.74, 6) is -0.561. The number of rotatable bonds is 6. The van der Waals surface area contributed by atoms with Crippen LogP contribution in [0.25, 0.3) is 0 Å². The SMILES string of the molecule is Cc1cc(NC(=O)[C@@H](NC(=O)c2ccccc2Br)C(C)C)ccc1N1CCCC1=O. The monoisotopic (exact) mass is 471 g/mol. The van der Waals surface area contributed by atoms with E-state index in [1.54, 1.807) is 29.2 Å². The molecule has 2 aromatic carbocycles. The number of carbonyl (C=O) groups is 3. The average Bonchev–Trinajstić information content (AvgIpc) is 3.11. The van der Waals surface area contributed by atoms with Crippen LogP contribution in [0.3, 0.4) is 0 Å². The second-order valence-corrected chi connectivity index (χ2v) is 8.67. The molecule has 2 aromatic rings. The van der Waals surface area contributed by atoms with Gasteiger partial charge in [0.15, 0.2) is 0 Å². The lowest BCUT2D eigenvalue weighted by molar-refractivity contribution is -0.119. The molecule has 1 heterocycles. The van der Waals surface area contributed by atoms with Crippen LogP contribution in [0.1, 0.15) is 42.6 Å². The van der Waals surface area contributed by atoms with E-state index in [1.807, 2.05) is 39.0 Å². The van der Waals surface area contributed by atoms with Crippen LogP contribution in [0.2, 0.25) is 0 Å². The van der Waals surface area contributed by atoms with Gasteiger partial charge in [-0.3, -0.25) is 14.4 Å². The molecule has 1 fully saturated rings. The minimum absolute atomic E-state index is 0.0981. The van der Waals surface area contributed by atoms with Crippen molar-refractivity contribution in [3.8, 4) is 0 Å². The lowest BCUT2D eigenvalue weighted by atomic mass is 10.0. The molecule has 0 radical (unpaired) electrons. The van der Waals surface area contributed by atoms with Crippen LogP contribution in [0, 0.1) is 12.8 Å². The fraction of sp³-hybridized carbons (Fsp3) is 0.348. The first-order chi connectivity index (χ1) is 14.3. The molecule has 1 aliphatic heterocycles. The number of hydrogen-bond donors (Lipinski definition) is 2. The number of halogens is 1. The van der Waals surface area contributed by atoms with E-state index in [4.69, 9.17) is 0 Å². The molecule has 30 heavy (non-hydrogen) atoms. The first-order valence-electron chi connectivity index (χ1n) is 10.0. The van der Waals surface area contributed by atoms with E-state index in [1.165, 1.54) is 0 Å². The van der Waals surface area contributed by atoms with Gasteiger partial charge in [-0.05, 0) is 71.1 Å². The summed E-state index contributed by atoms with van der Waals surface area (Å²) in [4.78, 5) is 39.4. The van der Waals surface area contributed by atoms with E-state index in [-0.39, 0.29) is 23.6 Å². The smallest absolute Gasteiger partial charge is 0.253 e. The molecule has 0 aromatic heterocycles. The van der Waals surface area contributed by atoms with Gasteiger partial charge in [-0.25, -0.2) is 0 Å². The Bertz CT molecular complexity index is 974. The number of carbonyl (C=O) groups excluding carboxylic acids is 3. The maximum absolute atomic E-state index is 12.9. The highest BCUT2D eigenvalue weighted by molar-refractivity contribution is 9.10. The number of benzene rings is 2. The molecule has 1 aliphatic rings. The summed E-state index contributed by atoms with van der Waals surface area (Å²) in [5, 5.41) is 5.73. The maximum atomic E-state index is 12.9. The number of aryl methyl sites for hydroxylation is 1. The largest absolute Gasteiger partial charge is 0.340 e. The molecule has 3 rings (SSSR count). The highest BCUT2D eigenvalue weighted by atomic mass is 79.9. The van der Waals surface area contributed by atoms with Crippen LogP contribution >= 0.6 is 15.9 Å². The lowest BCUT2D eigenvalue weighted by Crippen LogP contribution is -2.47. The molecule has 0 aliphatic carbocycles. The number of anilines is 2. The molecule has 2 N–H and O–H groups in total. The summed E-state index contributed by atoms with van der Waals surface area (Å²) in [6, 6.07) is 11.9. The Morgan fingerprint density at radius 3 is 2.47 bits per heavy atom. The zero-order valence-corrected chi connectivity index (χ0v) is 19.0. The molecule has 6 nitrogen and oxygen atoms in total. The standard InChI is InChI=1S/C23H26BrN3O3/c1-14(2)21(26-22(29)17-7-4-5-8-18(17)24)23(30)25-16-10-11-19(15(3)13-16)27-12-6-9-20(27)28/h4-5,7-8,10-11,13-14,21H,6,9,12H2,1-3H3,(H,25,30)(H,26,29)/t21-/m0/s1. The Labute approximate surface area is 185 Å². The minimum atomic E-state index is -0.690. The predicted molar refractivity (Wildman–Crippen MR) is 122 cm³/mol. The second kappa shape index (κ2) is 9.43. The van der Waals surface area contributed by atoms with Gasteiger partial charge in [-0.2, -0.15) is 0 Å². The number of hydrogen-bond acceptors (Lipinski definition) is 3. The molecule has 0 spiro atoms. The van der Waals surface area contributed by atoms with Crippen molar-refractivity contribution < 1.29 is 14.4 Å². The second-order valence-electron chi connectivity index (χ2n) is 7.81. The van der Waals surface area contributed by atoms with Crippen LogP contribution in [-0.2, 0) is 9.59 Å². The van der Waals surface area contributed by atoms with Gasteiger partial charge in [-0.1, -0.05) is 26.0 Å². The molecule has 0 unspecified atom stereocenters. The van der Waals surface area contributed by atoms with Crippen LogP contribution in [0.15, 0.2) is 46.9 Å². The van der Waals surface area contributed by atoms with Gasteiger partial charge < -0.3 is 15.5 Å². The number of nitrogens with one attached hydrogen (secondary N) is 2. The fourth-order valence-electron chi connectivity index (χ4n) is 3.56. The summed E-state index contributed by atoms with van der Waals surface area (Å²) in [5.41, 5.74) is 2.90. The summed E-state index contributed by atoms with van der Waals surface area (Å²) >= 11 is 3.37. The van der Waals surface area contributed by atoms with E-state index in [9.17, 15) is 14.4 Å². The zero-order chi connectivity index (χ0) is 21.8. The minimum Gasteiger partial charge on any atom is -0.340 e. The van der Waals surface area contributed by atoms with E-state index in [2.05, 4.69) is 26.6 Å². The first kappa shape index (κ1) is 22.0. The van der Waals surface area contributed by atoms with Crippen molar-refractivity contribution in [3.63, 3.8) is 0 Å². The third-order valence-electron chi connectivity index (χ3n) is 5.18. The molecule has 7 heteroatoms. The van der Waals surface area contributed by atoms with Gasteiger partial charge in [0.2, 0.25) is 11.8 Å². The van der Waals surface area contributed by atoms with Crippen molar-refractivity contribution in [3.05, 3.63) is 58.1 Å². The average molecular weight is 472 g/mol. The van der Waals surface area contributed by atoms with Crippen molar-refractivity contribution in [2.24, 2.45) is 5.92 Å². The van der Waals surface area contributed by atoms with Crippen molar-refractivity contribution in [2.75, 3.05) is 16.8 Å². The Kier molecular flexibility index (Phi) is 6.92. The maximum Gasteiger partial charge on any atom is 0.253 e. The summed E-state index contributed by atoms with van der Waals surface area (Å²) in [6.45, 7) is 6.42. The van der Waals surface area contributed by atoms with Gasteiger partial charge >= 0.3 is 0 Å². The molecule has 1 saturated heterocycles. The Hall–Kier alpha value is -2.67. The number of amides is 3. The molecule has 3 amide bonds. The highest BCUT2D eigenvalue weighted by Gasteiger charge is 2.26. The molecule has 1 atom stereocenters. The molecule has 0 bridgehead atoms. The van der Waals surface area contributed by atoms with Gasteiger partial charge in [0.05, 0.1) is 5.56 Å². The van der Waals surface area contributed by atoms with Gasteiger partial charge in [0, 0.05) is 28.8 Å². The highest BCUT2D eigenvalue weighted by Crippen LogP contribution is 2.27. The van der Waals surface area contributed by atoms with Gasteiger partial charge in [-0.15, -0.1) is 0 Å². The van der Waals surface area contributed by atoms with Gasteiger partial charge in [0.1, 0.15) is 6.04 Å². The summed E-state index contributed by atoms with van der Waals surface area (Å²) in [6.07, 6.45) is 1.44. The van der Waals surface area contributed by atoms with E-state index >= 15 is 0 Å². The van der Waals surface area contributed by atoms with Crippen molar-refractivity contribution in [1.82, 2.24) is 5.32 Å². The molecular weight excluding hydrogens is 446 g/mol. The summed E-state index contributed by atoms with van der Waals surface area (Å²) < 4.78 is 0.674. The van der Waals surface area contributed by atoms with Crippen molar-refractivity contribution in [2.45, 2.75) is 39.7 Å². The lowest BCUT2D eigenvalue weighted by Gasteiger charge is -2.23. The van der Waals surface area contributed by atoms with Gasteiger partial charge in [0.25, 0.3) is 5.91 Å². The first-order valence-corrected chi connectivity index (χ1v) is 10.8. The molecule has 158 valence electrons. The normalized spacial score (nSPS) is 14.7. The molecular formula is C23H26BrN3O3.